The molecule has 1 heterocycles. The second-order valence-electron chi connectivity index (χ2n) is 9.13. The number of benzene rings is 4. The molecule has 7 heteroatoms. The Morgan fingerprint density at radius 1 is 0.895 bits per heavy atom. The average molecular weight is 506 g/mol. The summed E-state index contributed by atoms with van der Waals surface area (Å²) in [5.74, 6) is -1.19. The Balaban J connectivity index is 1.85. The molecule has 0 radical (unpaired) electrons. The summed E-state index contributed by atoms with van der Waals surface area (Å²) in [4.78, 5) is 12.5. The van der Waals surface area contributed by atoms with Crippen molar-refractivity contribution < 1.29 is 20.1 Å². The normalized spacial score (nSPS) is 11.1. The van der Waals surface area contributed by atoms with Crippen LogP contribution >= 0.6 is 0 Å². The van der Waals surface area contributed by atoms with Crippen molar-refractivity contribution in [1.29, 1.82) is 5.53 Å². The molecule has 0 bridgehead atoms. The van der Waals surface area contributed by atoms with Gasteiger partial charge in [-0.05, 0) is 59.9 Å². The molecule has 5 aromatic rings. The number of hydrogen-bond donors (Lipinski definition) is 4. The first-order valence-electron chi connectivity index (χ1n) is 12.4. The fourth-order valence-electron chi connectivity index (χ4n) is 5.05. The number of phenols is 1. The Morgan fingerprint density at radius 3 is 2.37 bits per heavy atom. The van der Waals surface area contributed by atoms with E-state index in [0.717, 1.165) is 24.8 Å². The van der Waals surface area contributed by atoms with Crippen molar-refractivity contribution in [3.05, 3.63) is 96.1 Å². The number of hydrogen-bond acceptors (Lipinski definition) is 5. The van der Waals surface area contributed by atoms with Crippen molar-refractivity contribution in [3.8, 4) is 39.6 Å². The van der Waals surface area contributed by atoms with E-state index in [4.69, 9.17) is 5.53 Å². The zero-order chi connectivity index (χ0) is 26.8. The first kappa shape index (κ1) is 24.8. The largest absolute Gasteiger partial charge is 0.507 e. The highest BCUT2D eigenvalue weighted by Gasteiger charge is 2.23. The van der Waals surface area contributed by atoms with E-state index in [1.165, 1.54) is 0 Å². The number of carbonyl (C=O) groups is 1. The molecule has 0 amide bonds. The lowest BCUT2D eigenvalue weighted by atomic mass is 9.86. The quantitative estimate of drug-likeness (QED) is 0.159. The number of nitrogens with zero attached hydrogens (tertiary/aromatic N) is 2. The molecule has 0 aliphatic carbocycles. The fraction of sp³-hybridized carbons (Fsp3) is 0.129. The number of aromatic nitrogens is 1. The van der Waals surface area contributed by atoms with E-state index in [0.29, 0.717) is 38.8 Å². The van der Waals surface area contributed by atoms with Gasteiger partial charge in [0.25, 0.3) is 0 Å². The minimum Gasteiger partial charge on any atom is -0.507 e. The highest BCUT2D eigenvalue weighted by molar-refractivity contribution is 6.03. The standard InChI is InChI=1S/C31H27N3O4/c1-2-3-9-19-16-17-20(34-26-14-6-4-11-23(26)29(33-32)30(34)36)18-25(19)28-22(12-8-13-24(28)31(37)38)21-10-5-7-15-27(21)35/h4-8,10-18,32,35-36H,2-3,9H2,1H3,(H,37,38). The van der Waals surface area contributed by atoms with E-state index in [9.17, 15) is 20.1 Å². The van der Waals surface area contributed by atoms with Crippen LogP contribution in [0.3, 0.4) is 0 Å². The topological polar surface area (TPSA) is 119 Å². The lowest BCUT2D eigenvalue weighted by Crippen LogP contribution is -2.04. The monoisotopic (exact) mass is 505 g/mol. The number of aromatic hydroxyl groups is 2. The summed E-state index contributed by atoms with van der Waals surface area (Å²) in [6.07, 6.45) is 2.60. The van der Waals surface area contributed by atoms with Crippen LogP contribution in [0.2, 0.25) is 0 Å². The maximum absolute atomic E-state index is 12.5. The minimum atomic E-state index is -1.08. The van der Waals surface area contributed by atoms with Gasteiger partial charge in [-0.2, -0.15) is 5.11 Å². The van der Waals surface area contributed by atoms with Crippen LogP contribution in [0, 0.1) is 5.53 Å². The van der Waals surface area contributed by atoms with Crippen LogP contribution in [-0.4, -0.2) is 25.9 Å². The van der Waals surface area contributed by atoms with Gasteiger partial charge in [0.15, 0.2) is 5.69 Å². The number of para-hydroxylation sites is 2. The van der Waals surface area contributed by atoms with Crippen molar-refractivity contribution in [2.75, 3.05) is 0 Å². The molecule has 190 valence electrons. The zero-order valence-electron chi connectivity index (χ0n) is 20.8. The molecular weight excluding hydrogens is 478 g/mol. The highest BCUT2D eigenvalue weighted by atomic mass is 16.4. The molecule has 5 rings (SSSR count). The van der Waals surface area contributed by atoms with Crippen molar-refractivity contribution in [1.82, 2.24) is 4.57 Å². The van der Waals surface area contributed by atoms with Crippen LogP contribution < -0.4 is 0 Å². The number of unbranched alkanes of at least 4 members (excludes halogenated alkanes) is 1. The minimum absolute atomic E-state index is 0.0540. The summed E-state index contributed by atoms with van der Waals surface area (Å²) in [5.41, 5.74) is 12.5. The Hall–Kier alpha value is -4.91. The Kier molecular flexibility index (Phi) is 6.66. The summed E-state index contributed by atoms with van der Waals surface area (Å²) in [6.45, 7) is 2.10. The Labute approximate surface area is 219 Å². The SMILES string of the molecule is CCCCc1ccc(-n2c(O)c(N=N)c3ccccc32)cc1-c1c(C(=O)O)cccc1-c1ccccc1O. The molecule has 0 aliphatic heterocycles. The summed E-state index contributed by atoms with van der Waals surface area (Å²) < 4.78 is 1.62. The van der Waals surface area contributed by atoms with E-state index in [-0.39, 0.29) is 22.9 Å². The molecule has 38 heavy (non-hydrogen) atoms. The first-order chi connectivity index (χ1) is 18.5. The van der Waals surface area contributed by atoms with Crippen molar-refractivity contribution in [2.24, 2.45) is 5.11 Å². The van der Waals surface area contributed by atoms with Gasteiger partial charge in [0.1, 0.15) is 5.75 Å². The van der Waals surface area contributed by atoms with Gasteiger partial charge in [-0.25, -0.2) is 10.3 Å². The molecule has 0 saturated heterocycles. The van der Waals surface area contributed by atoms with Gasteiger partial charge >= 0.3 is 5.97 Å². The molecule has 0 spiro atoms. The predicted molar refractivity (Wildman–Crippen MR) is 148 cm³/mol. The maximum atomic E-state index is 12.5. The second-order valence-corrected chi connectivity index (χ2v) is 9.13. The molecule has 7 nitrogen and oxygen atoms in total. The summed E-state index contributed by atoms with van der Waals surface area (Å²) in [5, 5.41) is 36.1. The van der Waals surface area contributed by atoms with Gasteiger partial charge in [0, 0.05) is 22.2 Å². The fourth-order valence-corrected chi connectivity index (χ4v) is 5.05. The van der Waals surface area contributed by atoms with Crippen molar-refractivity contribution in [3.63, 3.8) is 0 Å². The lowest BCUT2D eigenvalue weighted by Gasteiger charge is -2.19. The van der Waals surface area contributed by atoms with Gasteiger partial charge in [0.05, 0.1) is 11.1 Å². The zero-order valence-corrected chi connectivity index (χ0v) is 20.8. The Morgan fingerprint density at radius 2 is 1.63 bits per heavy atom. The third kappa shape index (κ3) is 4.18. The molecule has 0 atom stereocenters. The number of carboxylic acids is 1. The third-order valence-corrected chi connectivity index (χ3v) is 6.85. The van der Waals surface area contributed by atoms with Gasteiger partial charge in [-0.15, -0.1) is 0 Å². The molecule has 4 N–H and O–H groups in total. The molecule has 0 aliphatic rings. The number of phenolic OH excluding ortho intramolecular Hbond substituents is 1. The molecule has 1 aromatic heterocycles. The van der Waals surface area contributed by atoms with Crippen LogP contribution in [0.1, 0.15) is 35.7 Å². The number of aromatic carboxylic acids is 1. The van der Waals surface area contributed by atoms with E-state index in [1.807, 2.05) is 42.5 Å². The van der Waals surface area contributed by atoms with Gasteiger partial charge in [-0.1, -0.05) is 67.9 Å². The molecule has 4 aromatic carbocycles. The van der Waals surface area contributed by atoms with E-state index >= 15 is 0 Å². The summed E-state index contributed by atoms with van der Waals surface area (Å²) >= 11 is 0. The second kappa shape index (κ2) is 10.2. The summed E-state index contributed by atoms with van der Waals surface area (Å²) in [7, 11) is 0. The van der Waals surface area contributed by atoms with E-state index in [1.54, 1.807) is 47.0 Å². The van der Waals surface area contributed by atoms with Crippen LogP contribution in [0.4, 0.5) is 5.69 Å². The van der Waals surface area contributed by atoms with Crippen molar-refractivity contribution in [2.45, 2.75) is 26.2 Å². The predicted octanol–water partition coefficient (Wildman–Crippen LogP) is 8.08. The van der Waals surface area contributed by atoms with E-state index < -0.39 is 5.97 Å². The molecule has 0 fully saturated rings. The number of nitrogens with one attached hydrogen (secondary N) is 1. The van der Waals surface area contributed by atoms with Crippen LogP contribution in [0.25, 0.3) is 38.8 Å². The molecule has 0 saturated carbocycles. The van der Waals surface area contributed by atoms with Crippen molar-refractivity contribution >= 4 is 22.6 Å². The smallest absolute Gasteiger partial charge is 0.336 e. The number of rotatable bonds is 8. The van der Waals surface area contributed by atoms with Crippen LogP contribution in [0.5, 0.6) is 11.6 Å². The van der Waals surface area contributed by atoms with Crippen LogP contribution in [0.15, 0.2) is 90.0 Å². The van der Waals surface area contributed by atoms with E-state index in [2.05, 4.69) is 12.0 Å². The number of aryl methyl sites for hydroxylation is 1. The highest BCUT2D eigenvalue weighted by Crippen LogP contribution is 2.44. The maximum Gasteiger partial charge on any atom is 0.336 e. The summed E-state index contributed by atoms with van der Waals surface area (Å²) in [6, 6.07) is 24.9. The van der Waals surface area contributed by atoms with Gasteiger partial charge in [0.2, 0.25) is 5.88 Å². The first-order valence-corrected chi connectivity index (χ1v) is 12.4. The van der Waals surface area contributed by atoms with Gasteiger partial charge < -0.3 is 15.3 Å². The number of fused-ring (bicyclic) bond motifs is 1. The Bertz CT molecular complexity index is 1690. The lowest BCUT2D eigenvalue weighted by molar-refractivity contribution is 0.0697. The van der Waals surface area contributed by atoms with Gasteiger partial charge in [-0.3, -0.25) is 4.57 Å². The molecule has 0 unspecified atom stereocenters. The third-order valence-electron chi connectivity index (χ3n) is 6.85. The molecular formula is C31H27N3O4. The average Bonchev–Trinajstić information content (AvgIpc) is 3.22. The number of carboxylic acid groups (broad SMARTS) is 1. The van der Waals surface area contributed by atoms with Crippen LogP contribution in [-0.2, 0) is 6.42 Å².